The molecule has 2 aromatic rings. The number of hydrogen-bond donors (Lipinski definition) is 2. The first-order valence-electron chi connectivity index (χ1n) is 8.57. The summed E-state index contributed by atoms with van der Waals surface area (Å²) < 4.78 is 13.7. The van der Waals surface area contributed by atoms with E-state index in [1.165, 1.54) is 12.1 Å². The Bertz CT molecular complexity index is 806. The molecule has 2 N–H and O–H groups in total. The van der Waals surface area contributed by atoms with E-state index in [1.807, 2.05) is 12.1 Å². The lowest BCUT2D eigenvalue weighted by molar-refractivity contribution is -0.127. The molecule has 6 heteroatoms. The Morgan fingerprint density at radius 1 is 1.08 bits per heavy atom. The number of anilines is 1. The highest BCUT2D eigenvalue weighted by molar-refractivity contribution is 6.30. The van der Waals surface area contributed by atoms with E-state index in [1.54, 1.807) is 31.2 Å². The number of carbonyl (C=O) groups excluding carboxylic acids is 2. The van der Waals surface area contributed by atoms with Crippen LogP contribution in [0.25, 0.3) is 0 Å². The third-order valence-corrected chi connectivity index (χ3v) is 4.74. The van der Waals surface area contributed by atoms with E-state index in [9.17, 15) is 14.0 Å². The van der Waals surface area contributed by atoms with Crippen molar-refractivity contribution in [3.63, 3.8) is 0 Å². The van der Waals surface area contributed by atoms with Gasteiger partial charge in [-0.15, -0.1) is 0 Å². The molecular formula is C20H20ClFN2O2. The van der Waals surface area contributed by atoms with Crippen LogP contribution in [0.15, 0.2) is 48.5 Å². The molecule has 0 heterocycles. The summed E-state index contributed by atoms with van der Waals surface area (Å²) in [5.74, 6) is -1.22. The summed E-state index contributed by atoms with van der Waals surface area (Å²) in [5.41, 5.74) is 0.978. The molecule has 4 nitrogen and oxygen atoms in total. The maximum absolute atomic E-state index is 13.7. The molecule has 1 saturated carbocycles. The number of amides is 2. The van der Waals surface area contributed by atoms with Crippen LogP contribution in [0.2, 0.25) is 5.02 Å². The lowest BCUT2D eigenvalue weighted by atomic mass is 9.93. The van der Waals surface area contributed by atoms with Crippen molar-refractivity contribution in [1.29, 1.82) is 0 Å². The zero-order valence-electron chi connectivity index (χ0n) is 14.3. The number of hydrogen-bond acceptors (Lipinski definition) is 2. The predicted molar refractivity (Wildman–Crippen MR) is 99.6 cm³/mol. The Hall–Kier alpha value is -2.40. The van der Waals surface area contributed by atoms with Gasteiger partial charge < -0.3 is 10.6 Å². The second kappa shape index (κ2) is 7.87. The Balaban J connectivity index is 1.66. The standard InChI is InChI=1S/C20H20ClFN2O2/c1-12(19(25)24-17-5-3-2-4-16(17)22)23-20(26)18(13-6-7-13)14-8-10-15(21)11-9-14/h2-5,8-13,18H,6-7H2,1H3,(H,23,26)(H,24,25). The van der Waals surface area contributed by atoms with Crippen LogP contribution in [-0.4, -0.2) is 17.9 Å². The summed E-state index contributed by atoms with van der Waals surface area (Å²) in [4.78, 5) is 25.0. The largest absolute Gasteiger partial charge is 0.344 e. The second-order valence-electron chi connectivity index (χ2n) is 6.57. The predicted octanol–water partition coefficient (Wildman–Crippen LogP) is 4.12. The molecule has 2 amide bonds. The number of benzene rings is 2. The van der Waals surface area contributed by atoms with Gasteiger partial charge in [-0.1, -0.05) is 35.9 Å². The molecule has 1 fully saturated rings. The van der Waals surface area contributed by atoms with Crippen molar-refractivity contribution in [2.45, 2.75) is 31.7 Å². The van der Waals surface area contributed by atoms with Gasteiger partial charge in [-0.2, -0.15) is 0 Å². The van der Waals surface area contributed by atoms with E-state index < -0.39 is 17.8 Å². The summed E-state index contributed by atoms with van der Waals surface area (Å²) in [6.45, 7) is 1.58. The average molecular weight is 375 g/mol. The first kappa shape index (κ1) is 18.4. The topological polar surface area (TPSA) is 58.2 Å². The molecule has 1 aliphatic carbocycles. The quantitative estimate of drug-likeness (QED) is 0.799. The van der Waals surface area contributed by atoms with E-state index in [0.29, 0.717) is 5.02 Å². The summed E-state index contributed by atoms with van der Waals surface area (Å²) in [6.07, 6.45) is 1.97. The molecule has 2 aromatic carbocycles. The third kappa shape index (κ3) is 4.41. The molecule has 0 aromatic heterocycles. The molecule has 26 heavy (non-hydrogen) atoms. The highest BCUT2D eigenvalue weighted by Gasteiger charge is 2.38. The maximum atomic E-state index is 13.7. The van der Waals surface area contributed by atoms with Crippen molar-refractivity contribution in [1.82, 2.24) is 5.32 Å². The Kier molecular flexibility index (Phi) is 5.57. The monoisotopic (exact) mass is 374 g/mol. The molecule has 1 aliphatic rings. The van der Waals surface area contributed by atoms with Crippen molar-refractivity contribution < 1.29 is 14.0 Å². The summed E-state index contributed by atoms with van der Waals surface area (Å²) in [7, 11) is 0. The van der Waals surface area contributed by atoms with Gasteiger partial charge in [0.05, 0.1) is 11.6 Å². The molecule has 0 aliphatic heterocycles. The van der Waals surface area contributed by atoms with E-state index in [2.05, 4.69) is 10.6 Å². The summed E-state index contributed by atoms with van der Waals surface area (Å²) in [6, 6.07) is 12.3. The fraction of sp³-hybridized carbons (Fsp3) is 0.300. The molecule has 2 unspecified atom stereocenters. The van der Waals surface area contributed by atoms with Crippen molar-refractivity contribution in [3.8, 4) is 0 Å². The number of halogens is 2. The van der Waals surface area contributed by atoms with Crippen LogP contribution < -0.4 is 10.6 Å². The van der Waals surface area contributed by atoms with E-state index in [4.69, 9.17) is 11.6 Å². The van der Waals surface area contributed by atoms with Crippen LogP contribution in [0.5, 0.6) is 0 Å². The molecular weight excluding hydrogens is 355 g/mol. The molecule has 2 atom stereocenters. The van der Waals surface area contributed by atoms with Gasteiger partial charge in [-0.3, -0.25) is 9.59 Å². The number of carbonyl (C=O) groups is 2. The summed E-state index contributed by atoms with van der Waals surface area (Å²) >= 11 is 5.92. The first-order chi connectivity index (χ1) is 12.5. The van der Waals surface area contributed by atoms with Gasteiger partial charge in [0, 0.05) is 5.02 Å². The van der Waals surface area contributed by atoms with Crippen molar-refractivity contribution >= 4 is 29.1 Å². The van der Waals surface area contributed by atoms with Crippen LogP contribution in [0.3, 0.4) is 0 Å². The smallest absolute Gasteiger partial charge is 0.246 e. The van der Waals surface area contributed by atoms with Crippen LogP contribution in [0, 0.1) is 11.7 Å². The minimum Gasteiger partial charge on any atom is -0.344 e. The first-order valence-corrected chi connectivity index (χ1v) is 8.94. The van der Waals surface area contributed by atoms with Gasteiger partial charge in [-0.25, -0.2) is 4.39 Å². The van der Waals surface area contributed by atoms with Crippen LogP contribution >= 0.6 is 11.6 Å². The van der Waals surface area contributed by atoms with Crippen molar-refractivity contribution in [2.75, 3.05) is 5.32 Å². The summed E-state index contributed by atoms with van der Waals surface area (Å²) in [5, 5.41) is 5.86. The van der Waals surface area contributed by atoms with Crippen molar-refractivity contribution in [3.05, 3.63) is 64.9 Å². The van der Waals surface area contributed by atoms with Gasteiger partial charge >= 0.3 is 0 Å². The van der Waals surface area contributed by atoms with Gasteiger partial charge in [0.1, 0.15) is 11.9 Å². The number of rotatable bonds is 6. The van der Waals surface area contributed by atoms with E-state index in [-0.39, 0.29) is 23.4 Å². The second-order valence-corrected chi connectivity index (χ2v) is 7.00. The highest BCUT2D eigenvalue weighted by atomic mass is 35.5. The fourth-order valence-corrected chi connectivity index (χ4v) is 3.04. The SMILES string of the molecule is CC(NC(=O)C(c1ccc(Cl)cc1)C1CC1)C(=O)Nc1ccccc1F. The minimum atomic E-state index is -0.782. The van der Waals surface area contributed by atoms with E-state index in [0.717, 1.165) is 18.4 Å². The third-order valence-electron chi connectivity index (χ3n) is 4.49. The van der Waals surface area contributed by atoms with Gasteiger partial charge in [0.2, 0.25) is 11.8 Å². The molecule has 136 valence electrons. The van der Waals surface area contributed by atoms with Crippen molar-refractivity contribution in [2.24, 2.45) is 5.92 Å². The molecule has 0 radical (unpaired) electrons. The molecule has 3 rings (SSSR count). The Labute approximate surface area is 156 Å². The van der Waals surface area contributed by atoms with Crippen LogP contribution in [0.4, 0.5) is 10.1 Å². The normalized spacial score (nSPS) is 15.8. The Morgan fingerprint density at radius 2 is 1.73 bits per heavy atom. The molecule has 0 spiro atoms. The molecule has 0 bridgehead atoms. The van der Waals surface area contributed by atoms with E-state index >= 15 is 0 Å². The lowest BCUT2D eigenvalue weighted by Gasteiger charge is -2.20. The highest BCUT2D eigenvalue weighted by Crippen LogP contribution is 2.43. The van der Waals surface area contributed by atoms with Gasteiger partial charge in [0.25, 0.3) is 0 Å². The lowest BCUT2D eigenvalue weighted by Crippen LogP contribution is -2.44. The van der Waals surface area contributed by atoms with Crippen LogP contribution in [-0.2, 0) is 9.59 Å². The number of nitrogens with one attached hydrogen (secondary N) is 2. The average Bonchev–Trinajstić information content (AvgIpc) is 3.43. The maximum Gasteiger partial charge on any atom is 0.246 e. The number of para-hydroxylation sites is 1. The van der Waals surface area contributed by atoms with Crippen LogP contribution in [0.1, 0.15) is 31.2 Å². The van der Waals surface area contributed by atoms with Gasteiger partial charge in [-0.05, 0) is 55.5 Å². The fourth-order valence-electron chi connectivity index (χ4n) is 2.91. The zero-order valence-corrected chi connectivity index (χ0v) is 15.1. The minimum absolute atomic E-state index is 0.0926. The Morgan fingerprint density at radius 3 is 2.35 bits per heavy atom. The molecule has 0 saturated heterocycles. The van der Waals surface area contributed by atoms with Gasteiger partial charge in [0.15, 0.2) is 0 Å². The zero-order chi connectivity index (χ0) is 18.7.